The Balaban J connectivity index is 2.29. The van der Waals surface area contributed by atoms with Gasteiger partial charge in [-0.3, -0.25) is 0 Å². The van der Waals surface area contributed by atoms with E-state index in [2.05, 4.69) is 38.2 Å². The van der Waals surface area contributed by atoms with E-state index in [9.17, 15) is 4.39 Å². The van der Waals surface area contributed by atoms with Crippen molar-refractivity contribution in [3.8, 4) is 0 Å². The van der Waals surface area contributed by atoms with E-state index in [4.69, 9.17) is 0 Å². The molecule has 1 unspecified atom stereocenters. The topological polar surface area (TPSA) is 12.0 Å². The second kappa shape index (κ2) is 6.19. The van der Waals surface area contributed by atoms with Crippen molar-refractivity contribution in [2.75, 3.05) is 7.05 Å². The van der Waals surface area contributed by atoms with Gasteiger partial charge < -0.3 is 5.32 Å². The maximum atomic E-state index is 13.0. The van der Waals surface area contributed by atoms with E-state index >= 15 is 0 Å². The van der Waals surface area contributed by atoms with E-state index in [-0.39, 0.29) is 11.9 Å². The van der Waals surface area contributed by atoms with Gasteiger partial charge in [-0.25, -0.2) is 4.39 Å². The molecule has 0 aliphatic rings. The van der Waals surface area contributed by atoms with E-state index < -0.39 is 0 Å². The van der Waals surface area contributed by atoms with E-state index in [1.165, 1.54) is 34.4 Å². The van der Waals surface area contributed by atoms with Crippen molar-refractivity contribution < 1.29 is 4.39 Å². The molecule has 0 heterocycles. The molecular weight excluding hydrogens is 249 g/mol. The fourth-order valence-electron chi connectivity index (χ4n) is 2.82. The van der Waals surface area contributed by atoms with Gasteiger partial charge in [0.15, 0.2) is 0 Å². The minimum Gasteiger partial charge on any atom is -0.313 e. The quantitative estimate of drug-likeness (QED) is 0.876. The number of aryl methyl sites for hydroxylation is 3. The van der Waals surface area contributed by atoms with Crippen molar-refractivity contribution in [2.45, 2.75) is 33.2 Å². The highest BCUT2D eigenvalue weighted by Gasteiger charge is 2.13. The molecule has 0 saturated carbocycles. The Morgan fingerprint density at radius 1 is 1.00 bits per heavy atom. The summed E-state index contributed by atoms with van der Waals surface area (Å²) < 4.78 is 13.0. The molecule has 0 aliphatic heterocycles. The molecule has 0 aromatic heterocycles. The second-order valence-electron chi connectivity index (χ2n) is 5.47. The van der Waals surface area contributed by atoms with Crippen molar-refractivity contribution in [3.05, 3.63) is 70.0 Å². The summed E-state index contributed by atoms with van der Waals surface area (Å²) in [4.78, 5) is 0. The molecule has 1 atom stereocenters. The lowest BCUT2D eigenvalue weighted by molar-refractivity contribution is 0.583. The van der Waals surface area contributed by atoms with Gasteiger partial charge in [0, 0.05) is 6.04 Å². The molecule has 106 valence electrons. The first-order valence-corrected chi connectivity index (χ1v) is 7.00. The molecule has 0 spiro atoms. The minimum atomic E-state index is -0.189. The Kier molecular flexibility index (Phi) is 4.56. The Morgan fingerprint density at radius 3 is 2.05 bits per heavy atom. The molecule has 2 rings (SSSR count). The van der Waals surface area contributed by atoms with Crippen LogP contribution < -0.4 is 5.32 Å². The molecule has 0 fully saturated rings. The molecule has 0 amide bonds. The van der Waals surface area contributed by atoms with Crippen LogP contribution in [0.3, 0.4) is 0 Å². The smallest absolute Gasteiger partial charge is 0.123 e. The van der Waals surface area contributed by atoms with Crippen molar-refractivity contribution in [1.82, 2.24) is 5.32 Å². The summed E-state index contributed by atoms with van der Waals surface area (Å²) in [6.45, 7) is 6.44. The second-order valence-corrected chi connectivity index (χ2v) is 5.47. The first kappa shape index (κ1) is 14.7. The van der Waals surface area contributed by atoms with Gasteiger partial charge in [-0.1, -0.05) is 29.8 Å². The number of benzene rings is 2. The summed E-state index contributed by atoms with van der Waals surface area (Å²) in [5, 5.41) is 3.33. The van der Waals surface area contributed by atoms with Crippen LogP contribution in [0.4, 0.5) is 4.39 Å². The Hall–Kier alpha value is -1.67. The zero-order valence-electron chi connectivity index (χ0n) is 12.6. The van der Waals surface area contributed by atoms with E-state index in [0.717, 1.165) is 12.0 Å². The first-order valence-electron chi connectivity index (χ1n) is 7.00. The molecule has 2 aromatic carbocycles. The predicted octanol–water partition coefficient (Wildman–Crippen LogP) is 4.25. The van der Waals surface area contributed by atoms with Gasteiger partial charge in [0.2, 0.25) is 0 Å². The zero-order chi connectivity index (χ0) is 14.7. The lowest BCUT2D eigenvalue weighted by atomic mass is 9.92. The normalized spacial score (nSPS) is 12.4. The summed E-state index contributed by atoms with van der Waals surface area (Å²) in [5.41, 5.74) is 6.44. The molecule has 1 nitrogen and oxygen atoms in total. The van der Waals surface area contributed by atoms with Crippen LogP contribution in [0, 0.1) is 26.6 Å². The highest BCUT2D eigenvalue weighted by atomic mass is 19.1. The standard InChI is InChI=1S/C18H22FN/c1-12-9-13(2)17(14(3)10-12)11-18(20-4)15-5-7-16(19)8-6-15/h5-10,18,20H,11H2,1-4H3. The molecule has 20 heavy (non-hydrogen) atoms. The van der Waals surface area contributed by atoms with Crippen molar-refractivity contribution in [2.24, 2.45) is 0 Å². The van der Waals surface area contributed by atoms with Crippen molar-refractivity contribution in [3.63, 3.8) is 0 Å². The fourth-order valence-corrected chi connectivity index (χ4v) is 2.82. The third-order valence-electron chi connectivity index (χ3n) is 3.87. The number of likely N-dealkylation sites (N-methyl/N-ethyl adjacent to an activating group) is 1. The maximum Gasteiger partial charge on any atom is 0.123 e. The fraction of sp³-hybridized carbons (Fsp3) is 0.333. The Morgan fingerprint density at radius 2 is 1.55 bits per heavy atom. The molecule has 2 aromatic rings. The minimum absolute atomic E-state index is 0.189. The average Bonchev–Trinajstić information content (AvgIpc) is 2.39. The van der Waals surface area contributed by atoms with Crippen molar-refractivity contribution in [1.29, 1.82) is 0 Å². The lowest BCUT2D eigenvalue weighted by Crippen LogP contribution is -2.19. The number of hydrogen-bond donors (Lipinski definition) is 1. The highest BCUT2D eigenvalue weighted by molar-refractivity contribution is 5.39. The number of rotatable bonds is 4. The molecule has 0 radical (unpaired) electrons. The van der Waals surface area contributed by atoms with Crippen molar-refractivity contribution >= 4 is 0 Å². The third kappa shape index (κ3) is 3.26. The highest BCUT2D eigenvalue weighted by Crippen LogP contribution is 2.24. The number of halogens is 1. The predicted molar refractivity (Wildman–Crippen MR) is 82.6 cm³/mol. The van der Waals surface area contributed by atoms with E-state index in [0.29, 0.717) is 0 Å². The third-order valence-corrected chi connectivity index (χ3v) is 3.87. The Labute approximate surface area is 120 Å². The van der Waals surface area contributed by atoms with Gasteiger partial charge in [-0.15, -0.1) is 0 Å². The van der Waals surface area contributed by atoms with Crippen LogP contribution in [0.15, 0.2) is 36.4 Å². The van der Waals surface area contributed by atoms with Gasteiger partial charge >= 0.3 is 0 Å². The largest absolute Gasteiger partial charge is 0.313 e. The summed E-state index contributed by atoms with van der Waals surface area (Å²) >= 11 is 0. The van der Waals surface area contributed by atoms with Gasteiger partial charge in [0.25, 0.3) is 0 Å². The number of hydrogen-bond acceptors (Lipinski definition) is 1. The van der Waals surface area contributed by atoms with Gasteiger partial charge in [-0.05, 0) is 68.6 Å². The number of nitrogens with one attached hydrogen (secondary N) is 1. The zero-order valence-corrected chi connectivity index (χ0v) is 12.6. The molecule has 0 saturated heterocycles. The van der Waals surface area contributed by atoms with Crippen LogP contribution in [0.5, 0.6) is 0 Å². The SMILES string of the molecule is CNC(Cc1c(C)cc(C)cc1C)c1ccc(F)cc1. The molecule has 2 heteroatoms. The van der Waals surface area contributed by atoms with Crippen LogP contribution in [0.25, 0.3) is 0 Å². The average molecular weight is 271 g/mol. The molecular formula is C18H22FN. The molecule has 1 N–H and O–H groups in total. The Bertz CT molecular complexity index is 564. The maximum absolute atomic E-state index is 13.0. The van der Waals surface area contributed by atoms with E-state index in [1.807, 2.05) is 19.2 Å². The summed E-state index contributed by atoms with van der Waals surface area (Å²) in [6.07, 6.45) is 0.917. The van der Waals surface area contributed by atoms with Crippen LogP contribution in [0.1, 0.15) is 33.9 Å². The van der Waals surface area contributed by atoms with Gasteiger partial charge in [0.1, 0.15) is 5.82 Å². The summed E-state index contributed by atoms with van der Waals surface area (Å²) in [6, 6.07) is 11.4. The lowest BCUT2D eigenvalue weighted by Gasteiger charge is -2.20. The first-order chi connectivity index (χ1) is 9.51. The van der Waals surface area contributed by atoms with E-state index in [1.54, 1.807) is 0 Å². The molecule has 0 aliphatic carbocycles. The summed E-state index contributed by atoms with van der Waals surface area (Å²) in [5.74, 6) is -0.189. The van der Waals surface area contributed by atoms with Crippen LogP contribution in [-0.2, 0) is 6.42 Å². The summed E-state index contributed by atoms with van der Waals surface area (Å²) in [7, 11) is 1.95. The van der Waals surface area contributed by atoms with Crippen LogP contribution in [0.2, 0.25) is 0 Å². The van der Waals surface area contributed by atoms with Gasteiger partial charge in [-0.2, -0.15) is 0 Å². The molecule has 0 bridgehead atoms. The van der Waals surface area contributed by atoms with Gasteiger partial charge in [0.05, 0.1) is 0 Å². The van der Waals surface area contributed by atoms with Crippen LogP contribution in [-0.4, -0.2) is 7.05 Å². The van der Waals surface area contributed by atoms with Crippen LogP contribution >= 0.6 is 0 Å². The monoisotopic (exact) mass is 271 g/mol.